The Morgan fingerprint density at radius 3 is 2.28 bits per heavy atom. The van der Waals surface area contributed by atoms with Gasteiger partial charge in [-0.1, -0.05) is 42.5 Å². The fourth-order valence-corrected chi connectivity index (χ4v) is 3.90. The maximum absolute atomic E-state index is 13.2. The summed E-state index contributed by atoms with van der Waals surface area (Å²) in [5, 5.41) is 2.91. The molecular weight excluding hydrogens is 317 g/mol. The number of rotatable bonds is 2. The third-order valence-corrected chi connectivity index (χ3v) is 5.08. The second-order valence-electron chi connectivity index (χ2n) is 6.69. The van der Waals surface area contributed by atoms with Crippen LogP contribution < -0.4 is 5.32 Å². The first-order chi connectivity index (χ1) is 12.1. The maximum atomic E-state index is 13.2. The van der Waals surface area contributed by atoms with Gasteiger partial charge in [-0.25, -0.2) is 4.39 Å². The topological polar surface area (TPSA) is 46.2 Å². The van der Waals surface area contributed by atoms with Crippen molar-refractivity contribution in [2.75, 3.05) is 0 Å². The molecule has 0 fully saturated rings. The minimum Gasteiger partial charge on any atom is -0.329 e. The van der Waals surface area contributed by atoms with Crippen molar-refractivity contribution in [1.82, 2.24) is 5.32 Å². The van der Waals surface area contributed by atoms with Crippen LogP contribution in [0.3, 0.4) is 0 Å². The van der Waals surface area contributed by atoms with Gasteiger partial charge in [0.2, 0.25) is 5.91 Å². The summed E-state index contributed by atoms with van der Waals surface area (Å²) in [5.74, 6) is -0.473. The van der Waals surface area contributed by atoms with E-state index in [1.54, 1.807) is 12.1 Å². The van der Waals surface area contributed by atoms with Crippen molar-refractivity contribution in [1.29, 1.82) is 0 Å². The Morgan fingerprint density at radius 2 is 1.56 bits per heavy atom. The van der Waals surface area contributed by atoms with Crippen LogP contribution in [0.2, 0.25) is 0 Å². The smallest absolute Gasteiger partial charge is 0.225 e. The second kappa shape index (κ2) is 6.28. The van der Waals surface area contributed by atoms with Crippen molar-refractivity contribution < 1.29 is 14.0 Å². The van der Waals surface area contributed by atoms with Gasteiger partial charge in [0, 0.05) is 30.0 Å². The Labute approximate surface area is 145 Å². The molecule has 0 bridgehead atoms. The Morgan fingerprint density at radius 1 is 0.840 bits per heavy atom. The van der Waals surface area contributed by atoms with Crippen molar-refractivity contribution in [3.8, 4) is 0 Å². The Kier molecular flexibility index (Phi) is 3.96. The summed E-state index contributed by atoms with van der Waals surface area (Å²) in [4.78, 5) is 25.1. The molecule has 2 atom stereocenters. The standard InChI is InChI=1S/C21H18FNO2/c22-16-8-6-13(7-9-16)15-10-18-21(19(24)11-15)17(12-20(25)23-18)14-4-2-1-3-5-14/h1-9,15,17H,10-12H2,(H,23,25)/t15-,17-/m1/s1. The van der Waals surface area contributed by atoms with Crippen LogP contribution in [0.5, 0.6) is 0 Å². The van der Waals surface area contributed by atoms with Crippen LogP contribution in [0.1, 0.15) is 42.2 Å². The van der Waals surface area contributed by atoms with Crippen LogP contribution in [-0.4, -0.2) is 11.7 Å². The van der Waals surface area contributed by atoms with Gasteiger partial charge in [-0.3, -0.25) is 9.59 Å². The van der Waals surface area contributed by atoms with Crippen LogP contribution in [0.15, 0.2) is 65.9 Å². The zero-order chi connectivity index (χ0) is 17.4. The lowest BCUT2D eigenvalue weighted by molar-refractivity contribution is -0.122. The van der Waals surface area contributed by atoms with Gasteiger partial charge in [0.1, 0.15) is 5.82 Å². The van der Waals surface area contributed by atoms with Gasteiger partial charge in [-0.2, -0.15) is 0 Å². The number of Topliss-reactive ketones (excluding diaryl/α,β-unsaturated/α-hetero) is 1. The monoisotopic (exact) mass is 335 g/mol. The third-order valence-electron chi connectivity index (χ3n) is 5.08. The number of hydrogen-bond donors (Lipinski definition) is 1. The molecule has 0 radical (unpaired) electrons. The van der Waals surface area contributed by atoms with Crippen LogP contribution >= 0.6 is 0 Å². The predicted molar refractivity (Wildman–Crippen MR) is 92.4 cm³/mol. The zero-order valence-corrected chi connectivity index (χ0v) is 13.7. The number of halogens is 1. The van der Waals surface area contributed by atoms with Gasteiger partial charge in [-0.15, -0.1) is 0 Å². The van der Waals surface area contributed by atoms with Crippen molar-refractivity contribution in [3.63, 3.8) is 0 Å². The summed E-state index contributed by atoms with van der Waals surface area (Å²) in [6, 6.07) is 16.0. The van der Waals surface area contributed by atoms with Crippen LogP contribution in [0, 0.1) is 5.82 Å². The molecule has 1 heterocycles. The Hall–Kier alpha value is -2.75. The Balaban J connectivity index is 1.70. The van der Waals surface area contributed by atoms with Gasteiger partial charge in [0.15, 0.2) is 5.78 Å². The number of benzene rings is 2. The number of amides is 1. The highest BCUT2D eigenvalue weighted by Crippen LogP contribution is 2.42. The lowest BCUT2D eigenvalue weighted by Crippen LogP contribution is -2.38. The molecule has 4 heteroatoms. The molecule has 2 aromatic rings. The SMILES string of the molecule is O=C1C[C@H](c2ccccc2)C2=C(C[C@@H](c3ccc(F)cc3)CC2=O)N1. The van der Waals surface area contributed by atoms with E-state index in [-0.39, 0.29) is 29.3 Å². The summed E-state index contributed by atoms with van der Waals surface area (Å²) >= 11 is 0. The molecule has 0 aromatic heterocycles. The van der Waals surface area contributed by atoms with E-state index in [9.17, 15) is 14.0 Å². The van der Waals surface area contributed by atoms with Gasteiger partial charge < -0.3 is 5.32 Å². The number of allylic oxidation sites excluding steroid dienone is 2. The molecule has 0 saturated heterocycles. The van der Waals surface area contributed by atoms with E-state index in [1.807, 2.05) is 30.3 Å². The van der Waals surface area contributed by atoms with E-state index in [2.05, 4.69) is 5.32 Å². The van der Waals surface area contributed by atoms with E-state index in [0.29, 0.717) is 19.3 Å². The van der Waals surface area contributed by atoms with E-state index < -0.39 is 0 Å². The highest BCUT2D eigenvalue weighted by molar-refractivity contribution is 6.02. The lowest BCUT2D eigenvalue weighted by atomic mass is 9.73. The molecule has 1 amide bonds. The molecule has 1 aliphatic heterocycles. The van der Waals surface area contributed by atoms with Crippen molar-refractivity contribution in [3.05, 3.63) is 82.8 Å². The summed E-state index contributed by atoms with van der Waals surface area (Å²) in [6.07, 6.45) is 1.29. The molecule has 1 N–H and O–H groups in total. The largest absolute Gasteiger partial charge is 0.329 e. The molecule has 0 saturated carbocycles. The molecule has 126 valence electrons. The number of nitrogens with one attached hydrogen (secondary N) is 1. The van der Waals surface area contributed by atoms with Gasteiger partial charge in [-0.05, 0) is 35.6 Å². The normalized spacial score (nSPS) is 23.2. The number of ketones is 1. The minimum atomic E-state index is -0.291. The summed E-state index contributed by atoms with van der Waals surface area (Å²) < 4.78 is 13.2. The fraction of sp³-hybridized carbons (Fsp3) is 0.238. The lowest BCUT2D eigenvalue weighted by Gasteiger charge is -2.34. The summed E-state index contributed by atoms with van der Waals surface area (Å²) in [7, 11) is 0. The highest BCUT2D eigenvalue weighted by Gasteiger charge is 2.38. The van der Waals surface area contributed by atoms with Gasteiger partial charge >= 0.3 is 0 Å². The van der Waals surface area contributed by atoms with Gasteiger partial charge in [0.25, 0.3) is 0 Å². The maximum Gasteiger partial charge on any atom is 0.225 e. The second-order valence-corrected chi connectivity index (χ2v) is 6.69. The van der Waals surface area contributed by atoms with Crippen molar-refractivity contribution in [2.45, 2.75) is 31.1 Å². The van der Waals surface area contributed by atoms with E-state index in [0.717, 1.165) is 22.4 Å². The number of hydrogen-bond acceptors (Lipinski definition) is 2. The summed E-state index contributed by atoms with van der Waals surface area (Å²) in [5.41, 5.74) is 3.40. The van der Waals surface area contributed by atoms with E-state index >= 15 is 0 Å². The van der Waals surface area contributed by atoms with Crippen LogP contribution in [0.25, 0.3) is 0 Å². The number of carbonyl (C=O) groups is 2. The number of carbonyl (C=O) groups excluding carboxylic acids is 2. The molecule has 1 aliphatic carbocycles. The molecule has 0 unspecified atom stereocenters. The van der Waals surface area contributed by atoms with Crippen molar-refractivity contribution in [2.24, 2.45) is 0 Å². The van der Waals surface area contributed by atoms with Gasteiger partial charge in [0.05, 0.1) is 0 Å². The molecule has 25 heavy (non-hydrogen) atoms. The third kappa shape index (κ3) is 3.00. The predicted octanol–water partition coefficient (Wildman–Crippen LogP) is 3.83. The highest BCUT2D eigenvalue weighted by atomic mass is 19.1. The Bertz CT molecular complexity index is 855. The first-order valence-corrected chi connectivity index (χ1v) is 8.48. The van der Waals surface area contributed by atoms with E-state index in [4.69, 9.17) is 0 Å². The minimum absolute atomic E-state index is 0.0262. The van der Waals surface area contributed by atoms with Crippen LogP contribution in [0.4, 0.5) is 4.39 Å². The van der Waals surface area contributed by atoms with Crippen molar-refractivity contribution >= 4 is 11.7 Å². The fourth-order valence-electron chi connectivity index (χ4n) is 3.90. The molecule has 4 rings (SSSR count). The zero-order valence-electron chi connectivity index (χ0n) is 13.7. The molecule has 3 nitrogen and oxygen atoms in total. The van der Waals surface area contributed by atoms with E-state index in [1.165, 1.54) is 12.1 Å². The first kappa shape index (κ1) is 15.8. The average Bonchev–Trinajstić information content (AvgIpc) is 2.62. The van der Waals surface area contributed by atoms with Crippen LogP contribution in [-0.2, 0) is 9.59 Å². The molecular formula is C21H18FNO2. The summed E-state index contributed by atoms with van der Waals surface area (Å²) in [6.45, 7) is 0. The molecule has 2 aromatic carbocycles. The molecule has 2 aliphatic rings. The molecule has 0 spiro atoms. The average molecular weight is 335 g/mol. The first-order valence-electron chi connectivity index (χ1n) is 8.48. The quantitative estimate of drug-likeness (QED) is 0.906.